The van der Waals surface area contributed by atoms with E-state index in [9.17, 15) is 9.90 Å². The van der Waals surface area contributed by atoms with Crippen LogP contribution in [0.3, 0.4) is 0 Å². The van der Waals surface area contributed by atoms with Crippen molar-refractivity contribution in [3.63, 3.8) is 0 Å². The van der Waals surface area contributed by atoms with E-state index < -0.39 is 12.0 Å². The fraction of sp³-hybridized carbons (Fsp3) is 0.412. The fourth-order valence-corrected chi connectivity index (χ4v) is 2.72. The van der Waals surface area contributed by atoms with Crippen LogP contribution < -0.4 is 4.74 Å². The van der Waals surface area contributed by atoms with Gasteiger partial charge >= 0.3 is 5.97 Å². The Kier molecular flexibility index (Phi) is 5.39. The highest BCUT2D eigenvalue weighted by Gasteiger charge is 2.28. The number of rotatable bonds is 7. The van der Waals surface area contributed by atoms with Crippen molar-refractivity contribution in [2.75, 3.05) is 14.2 Å². The molecular weight excluding hydrogens is 294 g/mol. The van der Waals surface area contributed by atoms with Crippen LogP contribution >= 0.6 is 0 Å². The average molecular weight is 317 g/mol. The molecule has 124 valence electrons. The number of hydrogen-bond acceptors (Lipinski definition) is 4. The first-order chi connectivity index (χ1) is 11.0. The minimum Gasteiger partial charge on any atom is -0.496 e. The Morgan fingerprint density at radius 2 is 2.22 bits per heavy atom. The number of likely N-dealkylation sites (N-methyl/N-ethyl adjacent to an activating group) is 1. The van der Waals surface area contributed by atoms with Gasteiger partial charge in [0.15, 0.2) is 0 Å². The summed E-state index contributed by atoms with van der Waals surface area (Å²) in [6.45, 7) is 5.21. The lowest BCUT2D eigenvalue weighted by Crippen LogP contribution is -2.31. The number of ether oxygens (including phenoxy) is 1. The zero-order valence-electron chi connectivity index (χ0n) is 14.0. The van der Waals surface area contributed by atoms with Crippen LogP contribution in [-0.4, -0.2) is 39.7 Å². The monoisotopic (exact) mass is 317 g/mol. The van der Waals surface area contributed by atoms with Crippen LogP contribution in [0, 0.1) is 6.92 Å². The summed E-state index contributed by atoms with van der Waals surface area (Å²) in [6, 6.07) is 4.78. The van der Waals surface area contributed by atoms with Crippen LogP contribution in [0.5, 0.6) is 5.75 Å². The maximum absolute atomic E-state index is 11.9. The molecule has 0 saturated carbocycles. The van der Waals surface area contributed by atoms with Crippen LogP contribution in [0.1, 0.15) is 29.9 Å². The number of hydrogen-bond donors (Lipinski definition) is 1. The van der Waals surface area contributed by atoms with Gasteiger partial charge in [0.25, 0.3) is 0 Å². The molecule has 2 rings (SSSR count). The Bertz CT molecular complexity index is 681. The standard InChI is InChI=1S/C17H23N3O3/c1-5-20-9-8-18-15(20)11-19(3)16(17(21)22)13-10-12(2)6-7-14(13)23-4/h6-10,16H,5,11H2,1-4H3,(H,21,22)/t16-/m0/s1. The molecule has 0 unspecified atom stereocenters. The van der Waals surface area contributed by atoms with Gasteiger partial charge in [-0.25, -0.2) is 4.98 Å². The lowest BCUT2D eigenvalue weighted by molar-refractivity contribution is -0.143. The van der Waals surface area contributed by atoms with E-state index in [1.807, 2.05) is 36.7 Å². The highest BCUT2D eigenvalue weighted by atomic mass is 16.5. The number of imidazole rings is 1. The topological polar surface area (TPSA) is 67.6 Å². The molecular formula is C17H23N3O3. The number of aryl methyl sites for hydroxylation is 2. The number of benzene rings is 1. The highest BCUT2D eigenvalue weighted by Crippen LogP contribution is 2.30. The first kappa shape index (κ1) is 17.0. The second-order valence-corrected chi connectivity index (χ2v) is 5.53. The van der Waals surface area contributed by atoms with Crippen molar-refractivity contribution < 1.29 is 14.6 Å². The molecule has 0 saturated heterocycles. The quantitative estimate of drug-likeness (QED) is 0.850. The number of methoxy groups -OCH3 is 1. The average Bonchev–Trinajstić information content (AvgIpc) is 2.94. The van der Waals surface area contributed by atoms with Gasteiger partial charge in [0, 0.05) is 24.5 Å². The third-order valence-electron chi connectivity index (χ3n) is 3.89. The molecule has 0 fully saturated rings. The molecule has 1 aromatic carbocycles. The van der Waals surface area contributed by atoms with Crippen LogP contribution in [0.25, 0.3) is 0 Å². The smallest absolute Gasteiger partial charge is 0.325 e. The summed E-state index contributed by atoms with van der Waals surface area (Å²) >= 11 is 0. The Hall–Kier alpha value is -2.34. The van der Waals surface area contributed by atoms with E-state index in [0.717, 1.165) is 17.9 Å². The molecule has 0 aliphatic heterocycles. The highest BCUT2D eigenvalue weighted by molar-refractivity contribution is 5.76. The van der Waals surface area contributed by atoms with Gasteiger partial charge in [-0.05, 0) is 27.0 Å². The Labute approximate surface area is 136 Å². The minimum atomic E-state index is -0.911. The molecule has 2 aromatic rings. The van der Waals surface area contributed by atoms with Crippen molar-refractivity contribution >= 4 is 5.97 Å². The molecule has 1 heterocycles. The van der Waals surface area contributed by atoms with E-state index in [-0.39, 0.29) is 0 Å². The molecule has 6 heteroatoms. The number of aliphatic carboxylic acids is 1. The summed E-state index contributed by atoms with van der Waals surface area (Å²) in [4.78, 5) is 18.0. The summed E-state index contributed by atoms with van der Waals surface area (Å²) in [5.74, 6) is 0.507. The van der Waals surface area contributed by atoms with E-state index in [0.29, 0.717) is 17.9 Å². The number of carboxylic acids is 1. The maximum Gasteiger partial charge on any atom is 0.325 e. The fourth-order valence-electron chi connectivity index (χ4n) is 2.72. The summed E-state index contributed by atoms with van der Waals surface area (Å²) in [5, 5.41) is 9.74. The van der Waals surface area contributed by atoms with Crippen LogP contribution in [0.4, 0.5) is 0 Å². The van der Waals surface area contributed by atoms with Crippen molar-refractivity contribution in [3.8, 4) is 5.75 Å². The van der Waals surface area contributed by atoms with Crippen molar-refractivity contribution in [3.05, 3.63) is 47.5 Å². The van der Waals surface area contributed by atoms with E-state index in [4.69, 9.17) is 4.74 Å². The maximum atomic E-state index is 11.9. The van der Waals surface area contributed by atoms with Gasteiger partial charge in [-0.15, -0.1) is 0 Å². The van der Waals surface area contributed by atoms with Crippen molar-refractivity contribution in [1.29, 1.82) is 0 Å². The molecule has 0 bridgehead atoms. The third-order valence-corrected chi connectivity index (χ3v) is 3.89. The first-order valence-corrected chi connectivity index (χ1v) is 7.55. The van der Waals surface area contributed by atoms with Gasteiger partial charge in [0.05, 0.1) is 13.7 Å². The molecule has 0 aliphatic rings. The second-order valence-electron chi connectivity index (χ2n) is 5.53. The summed E-state index contributed by atoms with van der Waals surface area (Å²) in [5.41, 5.74) is 1.65. The Balaban J connectivity index is 2.35. The molecule has 0 radical (unpaired) electrons. The largest absolute Gasteiger partial charge is 0.496 e. The molecule has 1 aromatic heterocycles. The zero-order chi connectivity index (χ0) is 17.0. The summed E-state index contributed by atoms with van der Waals surface area (Å²) in [6.07, 6.45) is 3.63. The number of carboxylic acid groups (broad SMARTS) is 1. The van der Waals surface area contributed by atoms with Gasteiger partial charge in [-0.1, -0.05) is 17.7 Å². The second kappa shape index (κ2) is 7.28. The van der Waals surface area contributed by atoms with Crippen molar-refractivity contribution in [1.82, 2.24) is 14.5 Å². The molecule has 0 aliphatic carbocycles. The van der Waals surface area contributed by atoms with Crippen molar-refractivity contribution in [2.45, 2.75) is 33.0 Å². The van der Waals surface area contributed by atoms with Gasteiger partial charge in [0.2, 0.25) is 0 Å². The van der Waals surface area contributed by atoms with Gasteiger partial charge in [0.1, 0.15) is 17.6 Å². The van der Waals surface area contributed by atoms with Crippen molar-refractivity contribution in [2.24, 2.45) is 0 Å². The van der Waals surface area contributed by atoms with E-state index >= 15 is 0 Å². The predicted octanol–water partition coefficient (Wildman–Crippen LogP) is 2.48. The summed E-state index contributed by atoms with van der Waals surface area (Å²) in [7, 11) is 3.34. The Morgan fingerprint density at radius 3 is 2.83 bits per heavy atom. The molecule has 6 nitrogen and oxygen atoms in total. The van der Waals surface area contributed by atoms with Gasteiger partial charge in [-0.2, -0.15) is 0 Å². The third kappa shape index (κ3) is 3.71. The molecule has 23 heavy (non-hydrogen) atoms. The van der Waals surface area contributed by atoms with E-state index in [1.165, 1.54) is 0 Å². The SMILES string of the molecule is CCn1ccnc1CN(C)[C@H](C(=O)O)c1cc(C)ccc1OC. The lowest BCUT2D eigenvalue weighted by Gasteiger charge is -2.26. The lowest BCUT2D eigenvalue weighted by atomic mass is 10.0. The van der Waals surface area contributed by atoms with Gasteiger partial charge in [-0.3, -0.25) is 9.69 Å². The van der Waals surface area contributed by atoms with Crippen LogP contribution in [0.2, 0.25) is 0 Å². The number of nitrogens with zero attached hydrogens (tertiary/aromatic N) is 3. The minimum absolute atomic E-state index is 0.439. The van der Waals surface area contributed by atoms with Crippen LogP contribution in [-0.2, 0) is 17.9 Å². The molecule has 0 spiro atoms. The predicted molar refractivity (Wildman–Crippen MR) is 87.5 cm³/mol. The van der Waals surface area contributed by atoms with E-state index in [1.54, 1.807) is 31.3 Å². The van der Waals surface area contributed by atoms with E-state index in [2.05, 4.69) is 4.98 Å². The molecule has 0 amide bonds. The normalized spacial score (nSPS) is 12.4. The Morgan fingerprint density at radius 1 is 1.48 bits per heavy atom. The number of aromatic nitrogens is 2. The first-order valence-electron chi connectivity index (χ1n) is 7.55. The molecule has 1 atom stereocenters. The summed E-state index contributed by atoms with van der Waals surface area (Å²) < 4.78 is 7.35. The zero-order valence-corrected chi connectivity index (χ0v) is 14.0. The molecule has 1 N–H and O–H groups in total. The number of carbonyl (C=O) groups is 1. The van der Waals surface area contributed by atoms with Gasteiger partial charge < -0.3 is 14.4 Å². The van der Waals surface area contributed by atoms with Crippen LogP contribution in [0.15, 0.2) is 30.6 Å².